The molecule has 1 aromatic rings. The lowest BCUT2D eigenvalue weighted by Gasteiger charge is -2.10. The smallest absolute Gasteiger partial charge is 0.258 e. The maximum atomic E-state index is 11.3. The minimum Gasteiger partial charge on any atom is -0.484 e. The molecule has 1 unspecified atom stereocenters. The number of ether oxygens (including phenoxy) is 1. The second kappa shape index (κ2) is 7.11. The molecule has 0 heterocycles. The zero-order valence-electron chi connectivity index (χ0n) is 9.48. The van der Waals surface area contributed by atoms with Gasteiger partial charge in [-0.1, -0.05) is 11.6 Å². The zero-order valence-corrected chi connectivity index (χ0v) is 10.2. The summed E-state index contributed by atoms with van der Waals surface area (Å²) < 4.78 is 5.25. The van der Waals surface area contributed by atoms with Gasteiger partial charge < -0.3 is 10.1 Å². The molecular formula is C11H15ClN2O3. The highest BCUT2D eigenvalue weighted by Gasteiger charge is 2.05. The molecule has 0 saturated heterocycles. The van der Waals surface area contributed by atoms with Crippen LogP contribution in [0.5, 0.6) is 5.75 Å². The third kappa shape index (κ3) is 5.53. The van der Waals surface area contributed by atoms with Crippen LogP contribution in [0.1, 0.15) is 6.92 Å². The molecule has 94 valence electrons. The number of carbonyl (C=O) groups is 1. The minimum atomic E-state index is -0.233. The fraction of sp³-hybridized carbons (Fsp3) is 0.364. The molecule has 1 aromatic carbocycles. The van der Waals surface area contributed by atoms with Crippen molar-refractivity contribution in [3.8, 4) is 5.75 Å². The highest BCUT2D eigenvalue weighted by Crippen LogP contribution is 2.15. The van der Waals surface area contributed by atoms with Crippen molar-refractivity contribution < 1.29 is 14.4 Å². The third-order valence-corrected chi connectivity index (χ3v) is 2.25. The maximum Gasteiger partial charge on any atom is 0.258 e. The number of nitrogens with one attached hydrogen (secondary N) is 1. The lowest BCUT2D eigenvalue weighted by Crippen LogP contribution is -2.36. The summed E-state index contributed by atoms with van der Waals surface area (Å²) in [7, 11) is 0. The van der Waals surface area contributed by atoms with Crippen molar-refractivity contribution >= 4 is 17.5 Å². The quantitative estimate of drug-likeness (QED) is 0.750. The van der Waals surface area contributed by atoms with Crippen LogP contribution >= 0.6 is 11.6 Å². The van der Waals surface area contributed by atoms with Crippen LogP contribution in [0.2, 0.25) is 5.02 Å². The lowest BCUT2D eigenvalue weighted by molar-refractivity contribution is -0.123. The van der Waals surface area contributed by atoms with Crippen molar-refractivity contribution in [3.63, 3.8) is 0 Å². The third-order valence-electron chi connectivity index (χ3n) is 2.00. The number of rotatable bonds is 6. The molecule has 0 spiro atoms. The molecule has 1 rings (SSSR count). The number of carbonyl (C=O) groups excluding carboxylic acids is 1. The Morgan fingerprint density at radius 1 is 1.47 bits per heavy atom. The van der Waals surface area contributed by atoms with Gasteiger partial charge in [-0.15, -0.1) is 0 Å². The van der Waals surface area contributed by atoms with Gasteiger partial charge in [-0.05, 0) is 31.2 Å². The van der Waals surface area contributed by atoms with Crippen LogP contribution in [0.25, 0.3) is 0 Å². The molecule has 5 nitrogen and oxygen atoms in total. The summed E-state index contributed by atoms with van der Waals surface area (Å²) in [5.41, 5.74) is 0. The Hall–Kier alpha value is -1.30. The Balaban J connectivity index is 2.26. The Morgan fingerprint density at radius 2 is 2.12 bits per heavy atom. The molecule has 0 aliphatic rings. The SMILES string of the molecule is CC(CNC(=O)COc1ccc(Cl)cc1)ON. The summed E-state index contributed by atoms with van der Waals surface area (Å²) in [6.07, 6.45) is -0.227. The van der Waals surface area contributed by atoms with E-state index >= 15 is 0 Å². The predicted molar refractivity (Wildman–Crippen MR) is 64.7 cm³/mol. The molecule has 6 heteroatoms. The van der Waals surface area contributed by atoms with Crippen molar-refractivity contribution in [2.24, 2.45) is 5.90 Å². The number of benzene rings is 1. The van der Waals surface area contributed by atoms with Gasteiger partial charge in [-0.25, -0.2) is 5.90 Å². The lowest BCUT2D eigenvalue weighted by atomic mass is 10.3. The first-order valence-electron chi connectivity index (χ1n) is 5.12. The zero-order chi connectivity index (χ0) is 12.7. The monoisotopic (exact) mass is 258 g/mol. The molecule has 0 radical (unpaired) electrons. The number of nitrogens with two attached hydrogens (primary N) is 1. The molecule has 1 atom stereocenters. The van der Waals surface area contributed by atoms with Crippen LogP contribution in [-0.4, -0.2) is 25.2 Å². The van der Waals surface area contributed by atoms with E-state index in [1.54, 1.807) is 31.2 Å². The van der Waals surface area contributed by atoms with Gasteiger partial charge in [0.05, 0.1) is 6.10 Å². The van der Waals surface area contributed by atoms with Crippen molar-refractivity contribution in [1.29, 1.82) is 0 Å². The minimum absolute atomic E-state index is 0.0566. The fourth-order valence-corrected chi connectivity index (χ4v) is 1.16. The van der Waals surface area contributed by atoms with Gasteiger partial charge in [0.2, 0.25) is 0 Å². The average molecular weight is 259 g/mol. The second-order valence-corrected chi connectivity index (χ2v) is 3.93. The molecular weight excluding hydrogens is 244 g/mol. The fourth-order valence-electron chi connectivity index (χ4n) is 1.04. The van der Waals surface area contributed by atoms with Crippen molar-refractivity contribution in [2.75, 3.05) is 13.2 Å². The highest BCUT2D eigenvalue weighted by atomic mass is 35.5. The van der Waals surface area contributed by atoms with Crippen molar-refractivity contribution in [2.45, 2.75) is 13.0 Å². The predicted octanol–water partition coefficient (Wildman–Crippen LogP) is 1.11. The number of hydrogen-bond acceptors (Lipinski definition) is 4. The molecule has 0 bridgehead atoms. The standard InChI is InChI=1S/C11H15ClN2O3/c1-8(17-13)6-14-11(15)7-16-10-4-2-9(12)3-5-10/h2-5,8H,6-7,13H2,1H3,(H,14,15). The maximum absolute atomic E-state index is 11.3. The first-order valence-corrected chi connectivity index (χ1v) is 5.50. The van der Waals surface area contributed by atoms with Gasteiger partial charge >= 0.3 is 0 Å². The van der Waals surface area contributed by atoms with Crippen LogP contribution in [0.4, 0.5) is 0 Å². The van der Waals surface area contributed by atoms with E-state index in [4.69, 9.17) is 22.2 Å². The van der Waals surface area contributed by atoms with Gasteiger partial charge in [0.15, 0.2) is 6.61 Å². The van der Waals surface area contributed by atoms with Gasteiger partial charge in [-0.3, -0.25) is 9.63 Å². The molecule has 1 amide bonds. The summed E-state index contributed by atoms with van der Waals surface area (Å²) in [5, 5.41) is 3.24. The summed E-state index contributed by atoms with van der Waals surface area (Å²) in [4.78, 5) is 15.9. The van der Waals surface area contributed by atoms with Crippen molar-refractivity contribution in [3.05, 3.63) is 29.3 Å². The molecule has 0 aliphatic carbocycles. The van der Waals surface area contributed by atoms with Gasteiger partial charge in [0.1, 0.15) is 5.75 Å². The Labute approximate surface area is 105 Å². The highest BCUT2D eigenvalue weighted by molar-refractivity contribution is 6.30. The largest absolute Gasteiger partial charge is 0.484 e. The van der Waals surface area contributed by atoms with E-state index in [-0.39, 0.29) is 18.6 Å². The van der Waals surface area contributed by atoms with E-state index in [0.29, 0.717) is 17.3 Å². The summed E-state index contributed by atoms with van der Waals surface area (Å²) in [5.74, 6) is 5.30. The molecule has 0 aliphatic heterocycles. The van der Waals surface area contributed by atoms with Crippen molar-refractivity contribution in [1.82, 2.24) is 5.32 Å². The Bertz CT molecular complexity index is 356. The Morgan fingerprint density at radius 3 is 2.71 bits per heavy atom. The van der Waals surface area contributed by atoms with Crippen LogP contribution < -0.4 is 16.0 Å². The van der Waals surface area contributed by atoms with Crippen LogP contribution in [0, 0.1) is 0 Å². The number of halogens is 1. The molecule has 0 aromatic heterocycles. The van der Waals surface area contributed by atoms with Crippen LogP contribution in [0.3, 0.4) is 0 Å². The van der Waals surface area contributed by atoms with Crippen LogP contribution in [0.15, 0.2) is 24.3 Å². The van der Waals surface area contributed by atoms with E-state index < -0.39 is 0 Å². The number of amides is 1. The Kier molecular flexibility index (Phi) is 5.76. The van der Waals surface area contributed by atoms with E-state index in [2.05, 4.69) is 10.2 Å². The second-order valence-electron chi connectivity index (χ2n) is 3.49. The molecule has 17 heavy (non-hydrogen) atoms. The van der Waals surface area contributed by atoms with E-state index in [9.17, 15) is 4.79 Å². The van der Waals surface area contributed by atoms with E-state index in [1.807, 2.05) is 0 Å². The normalized spacial score (nSPS) is 11.9. The molecule has 0 fully saturated rings. The first kappa shape index (κ1) is 13.8. The van der Waals surface area contributed by atoms with Gasteiger partial charge in [0, 0.05) is 11.6 Å². The topological polar surface area (TPSA) is 73.6 Å². The molecule has 0 saturated carbocycles. The van der Waals surface area contributed by atoms with E-state index in [0.717, 1.165) is 0 Å². The van der Waals surface area contributed by atoms with Crippen LogP contribution in [-0.2, 0) is 9.63 Å². The van der Waals surface area contributed by atoms with Gasteiger partial charge in [-0.2, -0.15) is 0 Å². The molecule has 3 N–H and O–H groups in total. The number of hydrogen-bond donors (Lipinski definition) is 2. The van der Waals surface area contributed by atoms with Gasteiger partial charge in [0.25, 0.3) is 5.91 Å². The first-order chi connectivity index (χ1) is 8.11. The average Bonchev–Trinajstić information content (AvgIpc) is 2.35. The summed E-state index contributed by atoms with van der Waals surface area (Å²) in [6.45, 7) is 2.04. The summed E-state index contributed by atoms with van der Waals surface area (Å²) >= 11 is 5.71. The van der Waals surface area contributed by atoms with E-state index in [1.165, 1.54) is 0 Å². The summed E-state index contributed by atoms with van der Waals surface area (Å²) in [6, 6.07) is 6.78.